The molecule has 0 spiro atoms. The molecular weight excluding hydrogens is 314 g/mol. The van der Waals surface area contributed by atoms with Crippen molar-refractivity contribution >= 4 is 0 Å². The molecule has 0 aliphatic carbocycles. The van der Waals surface area contributed by atoms with Gasteiger partial charge in [0, 0.05) is 44.8 Å². The van der Waals surface area contributed by atoms with E-state index in [-0.39, 0.29) is 0 Å². The molecule has 0 aromatic carbocycles. The average Bonchev–Trinajstić information content (AvgIpc) is 3.24. The van der Waals surface area contributed by atoms with Gasteiger partial charge in [-0.25, -0.2) is 4.98 Å². The molecule has 25 heavy (non-hydrogen) atoms. The van der Waals surface area contributed by atoms with Crippen molar-refractivity contribution in [3.8, 4) is 0 Å². The Morgan fingerprint density at radius 2 is 2.04 bits per heavy atom. The maximum absolute atomic E-state index is 5.42. The van der Waals surface area contributed by atoms with Crippen LogP contribution >= 0.6 is 0 Å². The van der Waals surface area contributed by atoms with E-state index in [2.05, 4.69) is 44.7 Å². The first-order chi connectivity index (χ1) is 12.3. The summed E-state index contributed by atoms with van der Waals surface area (Å²) in [6.45, 7) is 5.50. The Kier molecular flexibility index (Phi) is 4.63. The quantitative estimate of drug-likeness (QED) is 0.692. The lowest BCUT2D eigenvalue weighted by atomic mass is 10.2. The van der Waals surface area contributed by atoms with E-state index in [1.807, 2.05) is 24.5 Å². The molecule has 3 aromatic heterocycles. The highest BCUT2D eigenvalue weighted by molar-refractivity contribution is 5.11. The second kappa shape index (κ2) is 7.21. The molecular formula is C19H23N5O. The molecule has 6 nitrogen and oxygen atoms in total. The first kappa shape index (κ1) is 16.1. The third-order valence-corrected chi connectivity index (χ3v) is 4.52. The summed E-state index contributed by atoms with van der Waals surface area (Å²) in [7, 11) is 2.09. The van der Waals surface area contributed by atoms with Gasteiger partial charge in [-0.15, -0.1) is 0 Å². The Morgan fingerprint density at radius 3 is 2.84 bits per heavy atom. The number of imidazole rings is 1. The van der Waals surface area contributed by atoms with E-state index in [1.54, 1.807) is 6.26 Å². The smallest absolute Gasteiger partial charge is 0.123 e. The van der Waals surface area contributed by atoms with E-state index in [9.17, 15) is 0 Å². The molecule has 0 atom stereocenters. The van der Waals surface area contributed by atoms with Crippen LogP contribution in [0.2, 0.25) is 0 Å². The van der Waals surface area contributed by atoms with Gasteiger partial charge in [0.05, 0.1) is 25.0 Å². The molecule has 3 aromatic rings. The second-order valence-corrected chi connectivity index (χ2v) is 6.66. The lowest BCUT2D eigenvalue weighted by Crippen LogP contribution is -2.33. The minimum Gasteiger partial charge on any atom is -0.468 e. The van der Waals surface area contributed by atoms with Gasteiger partial charge in [0.1, 0.15) is 11.6 Å². The van der Waals surface area contributed by atoms with Crippen LogP contribution in [0.1, 0.15) is 22.8 Å². The SMILES string of the molecule is CN(Cc1cn2c(n1)CN(Cc1ccncc1)CC2)Cc1ccco1. The van der Waals surface area contributed by atoms with E-state index < -0.39 is 0 Å². The van der Waals surface area contributed by atoms with Gasteiger partial charge in [-0.2, -0.15) is 0 Å². The standard InChI is InChI=1S/C19H23N5O/c1-22(14-18-3-2-10-25-18)12-17-13-24-9-8-23(15-19(24)21-17)11-16-4-6-20-7-5-16/h2-7,10,13H,8-9,11-12,14-15H2,1H3. The van der Waals surface area contributed by atoms with E-state index in [1.165, 1.54) is 5.56 Å². The third-order valence-electron chi connectivity index (χ3n) is 4.52. The highest BCUT2D eigenvalue weighted by Crippen LogP contribution is 2.16. The van der Waals surface area contributed by atoms with Crippen molar-refractivity contribution < 1.29 is 4.42 Å². The van der Waals surface area contributed by atoms with Crippen LogP contribution in [0.25, 0.3) is 0 Å². The molecule has 0 radical (unpaired) electrons. The summed E-state index contributed by atoms with van der Waals surface area (Å²) in [5.41, 5.74) is 2.42. The molecule has 6 heteroatoms. The summed E-state index contributed by atoms with van der Waals surface area (Å²) in [6, 6.07) is 8.09. The second-order valence-electron chi connectivity index (χ2n) is 6.66. The largest absolute Gasteiger partial charge is 0.468 e. The Morgan fingerprint density at radius 1 is 1.16 bits per heavy atom. The number of nitrogens with zero attached hydrogens (tertiary/aromatic N) is 5. The van der Waals surface area contributed by atoms with E-state index >= 15 is 0 Å². The maximum atomic E-state index is 5.42. The molecule has 0 unspecified atom stereocenters. The van der Waals surface area contributed by atoms with E-state index in [0.29, 0.717) is 0 Å². The summed E-state index contributed by atoms with van der Waals surface area (Å²) < 4.78 is 7.71. The maximum Gasteiger partial charge on any atom is 0.123 e. The highest BCUT2D eigenvalue weighted by Gasteiger charge is 2.19. The number of hydrogen-bond acceptors (Lipinski definition) is 5. The fourth-order valence-electron chi connectivity index (χ4n) is 3.32. The minimum atomic E-state index is 0.795. The fraction of sp³-hybridized carbons (Fsp3) is 0.368. The van der Waals surface area contributed by atoms with Crippen molar-refractivity contribution in [1.29, 1.82) is 0 Å². The molecule has 0 saturated carbocycles. The molecule has 0 N–H and O–H groups in total. The lowest BCUT2D eigenvalue weighted by Gasteiger charge is -2.27. The Hall–Kier alpha value is -2.44. The van der Waals surface area contributed by atoms with Crippen molar-refractivity contribution in [1.82, 2.24) is 24.3 Å². The van der Waals surface area contributed by atoms with Crippen LogP contribution in [-0.2, 0) is 32.7 Å². The summed E-state index contributed by atoms with van der Waals surface area (Å²) in [6.07, 6.45) is 7.62. The van der Waals surface area contributed by atoms with Crippen LogP contribution < -0.4 is 0 Å². The van der Waals surface area contributed by atoms with Crippen LogP contribution in [-0.4, -0.2) is 37.9 Å². The summed E-state index contributed by atoms with van der Waals surface area (Å²) in [4.78, 5) is 13.6. The van der Waals surface area contributed by atoms with E-state index in [4.69, 9.17) is 9.40 Å². The molecule has 0 fully saturated rings. The summed E-state index contributed by atoms with van der Waals surface area (Å²) in [5.74, 6) is 2.14. The number of pyridine rings is 1. The molecule has 0 amide bonds. The number of hydrogen-bond donors (Lipinski definition) is 0. The third kappa shape index (κ3) is 3.97. The molecule has 1 aliphatic heterocycles. The van der Waals surface area contributed by atoms with Crippen molar-refractivity contribution in [3.05, 3.63) is 72.0 Å². The van der Waals surface area contributed by atoms with Crippen molar-refractivity contribution in [2.45, 2.75) is 32.7 Å². The Balaban J connectivity index is 1.37. The molecule has 0 bridgehead atoms. The van der Waals surface area contributed by atoms with Gasteiger partial charge in [-0.05, 0) is 36.9 Å². The van der Waals surface area contributed by atoms with Gasteiger partial charge >= 0.3 is 0 Å². The van der Waals surface area contributed by atoms with Crippen molar-refractivity contribution in [3.63, 3.8) is 0 Å². The zero-order chi connectivity index (χ0) is 17.1. The van der Waals surface area contributed by atoms with Crippen LogP contribution in [0.3, 0.4) is 0 Å². The predicted octanol–water partition coefficient (Wildman–Crippen LogP) is 2.52. The van der Waals surface area contributed by atoms with Crippen LogP contribution in [0, 0.1) is 0 Å². The zero-order valence-electron chi connectivity index (χ0n) is 14.5. The topological polar surface area (TPSA) is 50.3 Å². The highest BCUT2D eigenvalue weighted by atomic mass is 16.3. The molecule has 4 heterocycles. The van der Waals surface area contributed by atoms with Gasteiger partial charge in [-0.3, -0.25) is 14.8 Å². The van der Waals surface area contributed by atoms with Gasteiger partial charge in [0.15, 0.2) is 0 Å². The Bertz CT molecular complexity index is 797. The number of fused-ring (bicyclic) bond motifs is 1. The van der Waals surface area contributed by atoms with Crippen LogP contribution in [0.4, 0.5) is 0 Å². The molecule has 1 aliphatic rings. The number of rotatable bonds is 6. The average molecular weight is 337 g/mol. The zero-order valence-corrected chi connectivity index (χ0v) is 14.5. The van der Waals surface area contributed by atoms with Crippen LogP contribution in [0.15, 0.2) is 53.5 Å². The molecule has 130 valence electrons. The van der Waals surface area contributed by atoms with Gasteiger partial charge in [0.25, 0.3) is 0 Å². The predicted molar refractivity (Wildman–Crippen MR) is 94.5 cm³/mol. The van der Waals surface area contributed by atoms with Crippen molar-refractivity contribution in [2.75, 3.05) is 13.6 Å². The lowest BCUT2D eigenvalue weighted by molar-refractivity contribution is 0.209. The molecule has 0 saturated heterocycles. The van der Waals surface area contributed by atoms with Gasteiger partial charge < -0.3 is 8.98 Å². The first-order valence-electron chi connectivity index (χ1n) is 8.63. The normalized spacial score (nSPS) is 14.8. The van der Waals surface area contributed by atoms with Gasteiger partial charge in [0.2, 0.25) is 0 Å². The van der Waals surface area contributed by atoms with Crippen LogP contribution in [0.5, 0.6) is 0 Å². The van der Waals surface area contributed by atoms with Gasteiger partial charge in [-0.1, -0.05) is 0 Å². The van der Waals surface area contributed by atoms with Crippen molar-refractivity contribution in [2.24, 2.45) is 0 Å². The summed E-state index contributed by atoms with van der Waals surface area (Å²) in [5, 5.41) is 0. The number of furan rings is 1. The first-order valence-corrected chi connectivity index (χ1v) is 8.63. The Labute approximate surface area is 147 Å². The number of aromatic nitrogens is 3. The fourth-order valence-corrected chi connectivity index (χ4v) is 3.32. The van der Waals surface area contributed by atoms with E-state index in [0.717, 1.165) is 56.5 Å². The molecule has 4 rings (SSSR count). The summed E-state index contributed by atoms with van der Waals surface area (Å²) >= 11 is 0. The monoisotopic (exact) mass is 337 g/mol. The minimum absolute atomic E-state index is 0.795.